The number of methoxy groups -OCH3 is 2. The SMILES string of the molecule is COC(=C=O)C(OC)C(C#C[Si](C)(C)C)O[Si](C)(C)C. The summed E-state index contributed by atoms with van der Waals surface area (Å²) in [7, 11) is -0.440. The van der Waals surface area contributed by atoms with E-state index in [1.807, 2.05) is 0 Å². The average Bonchev–Trinajstić information content (AvgIpc) is 2.29. The Hall–Kier alpha value is -0.836. The summed E-state index contributed by atoms with van der Waals surface area (Å²) in [6, 6.07) is 0. The van der Waals surface area contributed by atoms with Crippen molar-refractivity contribution in [1.82, 2.24) is 0 Å². The first kappa shape index (κ1) is 19.2. The van der Waals surface area contributed by atoms with Gasteiger partial charge in [0.25, 0.3) is 0 Å². The lowest BCUT2D eigenvalue weighted by Crippen LogP contribution is -2.41. The molecule has 0 rings (SSSR count). The first-order valence-corrected chi connectivity index (χ1v) is 13.5. The number of hydrogen-bond donors (Lipinski definition) is 0. The Labute approximate surface area is 124 Å². The van der Waals surface area contributed by atoms with E-state index in [2.05, 4.69) is 50.7 Å². The summed E-state index contributed by atoms with van der Waals surface area (Å²) in [5.41, 5.74) is 3.27. The summed E-state index contributed by atoms with van der Waals surface area (Å²) in [6.07, 6.45) is -1.15. The Morgan fingerprint density at radius 1 is 1.05 bits per heavy atom. The van der Waals surface area contributed by atoms with Crippen LogP contribution in [0.1, 0.15) is 0 Å². The third-order valence-electron chi connectivity index (χ3n) is 2.18. The summed E-state index contributed by atoms with van der Waals surface area (Å²) in [5, 5.41) is 0. The van der Waals surface area contributed by atoms with E-state index in [1.54, 1.807) is 5.94 Å². The highest BCUT2D eigenvalue weighted by atomic mass is 28.4. The Kier molecular flexibility index (Phi) is 7.49. The molecule has 0 fully saturated rings. The Balaban J connectivity index is 5.48. The van der Waals surface area contributed by atoms with Crippen LogP contribution in [0.5, 0.6) is 0 Å². The van der Waals surface area contributed by atoms with E-state index in [0.717, 1.165) is 0 Å². The van der Waals surface area contributed by atoms with Crippen molar-refractivity contribution < 1.29 is 18.7 Å². The summed E-state index contributed by atoms with van der Waals surface area (Å²) in [6.45, 7) is 12.7. The fraction of sp³-hybridized carbons (Fsp3) is 0.714. The summed E-state index contributed by atoms with van der Waals surface area (Å²) in [5.74, 6) is 4.98. The summed E-state index contributed by atoms with van der Waals surface area (Å²) in [4.78, 5) is 11.0. The minimum absolute atomic E-state index is 0.0839. The van der Waals surface area contributed by atoms with Gasteiger partial charge in [0.05, 0.1) is 7.11 Å². The van der Waals surface area contributed by atoms with Gasteiger partial charge in [-0.2, -0.15) is 0 Å². The molecule has 4 nitrogen and oxygen atoms in total. The number of ether oxygens (including phenoxy) is 2. The van der Waals surface area contributed by atoms with Gasteiger partial charge in [-0.1, -0.05) is 25.6 Å². The maximum absolute atomic E-state index is 11.0. The predicted octanol–water partition coefficient (Wildman–Crippen LogP) is 2.46. The molecule has 0 saturated carbocycles. The van der Waals surface area contributed by atoms with Crippen molar-refractivity contribution in [2.75, 3.05) is 14.2 Å². The molecule has 20 heavy (non-hydrogen) atoms. The Bertz CT molecular complexity index is 417. The van der Waals surface area contributed by atoms with Crippen LogP contribution < -0.4 is 0 Å². The molecule has 0 aliphatic carbocycles. The van der Waals surface area contributed by atoms with Crippen LogP contribution in [0.2, 0.25) is 39.3 Å². The van der Waals surface area contributed by atoms with Crippen molar-refractivity contribution in [2.45, 2.75) is 51.5 Å². The van der Waals surface area contributed by atoms with Gasteiger partial charge in [0.1, 0.15) is 14.2 Å². The second-order valence-electron chi connectivity index (χ2n) is 6.50. The van der Waals surface area contributed by atoms with Gasteiger partial charge in [0.15, 0.2) is 20.4 Å². The van der Waals surface area contributed by atoms with Crippen molar-refractivity contribution in [3.63, 3.8) is 0 Å². The quantitative estimate of drug-likeness (QED) is 0.327. The van der Waals surface area contributed by atoms with E-state index in [1.165, 1.54) is 14.2 Å². The van der Waals surface area contributed by atoms with Crippen LogP contribution in [-0.4, -0.2) is 48.8 Å². The van der Waals surface area contributed by atoms with Gasteiger partial charge in [-0.25, -0.2) is 4.79 Å². The lowest BCUT2D eigenvalue weighted by molar-refractivity contribution is 0.0169. The first-order chi connectivity index (χ1) is 9.04. The molecule has 0 radical (unpaired) electrons. The molecule has 0 bridgehead atoms. The number of carbonyl (C=O) groups excluding carboxylic acids is 1. The van der Waals surface area contributed by atoms with Crippen LogP contribution in [0.3, 0.4) is 0 Å². The Morgan fingerprint density at radius 3 is 1.90 bits per heavy atom. The molecule has 6 heteroatoms. The van der Waals surface area contributed by atoms with Crippen molar-refractivity contribution in [3.8, 4) is 11.5 Å². The normalized spacial score (nSPS) is 14.6. The summed E-state index contributed by atoms with van der Waals surface area (Å²) >= 11 is 0. The van der Waals surface area contributed by atoms with E-state index >= 15 is 0 Å². The topological polar surface area (TPSA) is 44.8 Å². The zero-order valence-electron chi connectivity index (χ0n) is 13.8. The smallest absolute Gasteiger partial charge is 0.212 e. The molecule has 114 valence electrons. The maximum atomic E-state index is 11.0. The average molecular weight is 315 g/mol. The molecule has 2 atom stereocenters. The van der Waals surface area contributed by atoms with E-state index < -0.39 is 28.6 Å². The summed E-state index contributed by atoms with van der Waals surface area (Å²) < 4.78 is 16.4. The fourth-order valence-electron chi connectivity index (χ4n) is 1.42. The van der Waals surface area contributed by atoms with Gasteiger partial charge in [-0.15, -0.1) is 5.54 Å². The molecule has 0 aromatic heterocycles. The molecule has 2 unspecified atom stereocenters. The first-order valence-electron chi connectivity index (χ1n) is 6.56. The molecule has 0 saturated heterocycles. The van der Waals surface area contributed by atoms with Crippen LogP contribution in [-0.2, 0) is 18.7 Å². The van der Waals surface area contributed by atoms with Crippen LogP contribution in [0, 0.1) is 11.5 Å². The van der Waals surface area contributed by atoms with Crippen molar-refractivity contribution in [2.24, 2.45) is 0 Å². The van der Waals surface area contributed by atoms with Gasteiger partial charge in [0.2, 0.25) is 5.76 Å². The van der Waals surface area contributed by atoms with Crippen LogP contribution in [0.15, 0.2) is 5.76 Å². The van der Waals surface area contributed by atoms with Crippen molar-refractivity contribution >= 4 is 22.3 Å². The second-order valence-corrected chi connectivity index (χ2v) is 15.7. The molecule has 0 aromatic carbocycles. The molecule has 0 aromatic rings. The highest BCUT2D eigenvalue weighted by molar-refractivity contribution is 6.83. The molecule has 0 spiro atoms. The van der Waals surface area contributed by atoms with Crippen LogP contribution in [0.4, 0.5) is 0 Å². The molecular weight excluding hydrogens is 288 g/mol. The van der Waals surface area contributed by atoms with E-state index in [4.69, 9.17) is 13.9 Å². The number of rotatable bonds is 6. The maximum Gasteiger partial charge on any atom is 0.212 e. The highest BCUT2D eigenvalue weighted by Gasteiger charge is 2.31. The number of hydrogen-bond acceptors (Lipinski definition) is 4. The van der Waals surface area contributed by atoms with E-state index in [0.29, 0.717) is 0 Å². The third kappa shape index (κ3) is 7.68. The van der Waals surface area contributed by atoms with E-state index in [-0.39, 0.29) is 5.76 Å². The van der Waals surface area contributed by atoms with Gasteiger partial charge in [0, 0.05) is 7.11 Å². The molecule has 0 amide bonds. The highest BCUT2D eigenvalue weighted by Crippen LogP contribution is 2.17. The molecular formula is C14H26O4Si2. The van der Waals surface area contributed by atoms with Gasteiger partial charge < -0.3 is 13.9 Å². The molecule has 0 aliphatic rings. The van der Waals surface area contributed by atoms with Gasteiger partial charge in [-0.05, 0) is 19.6 Å². The van der Waals surface area contributed by atoms with Gasteiger partial charge in [-0.3, -0.25) is 0 Å². The fourth-order valence-corrected chi connectivity index (χ4v) is 2.94. The van der Waals surface area contributed by atoms with E-state index in [9.17, 15) is 4.79 Å². The molecule has 0 N–H and O–H groups in total. The molecule has 0 heterocycles. The monoisotopic (exact) mass is 314 g/mol. The van der Waals surface area contributed by atoms with Crippen molar-refractivity contribution in [3.05, 3.63) is 5.76 Å². The minimum atomic E-state index is -1.83. The van der Waals surface area contributed by atoms with Crippen LogP contribution in [0.25, 0.3) is 0 Å². The zero-order chi connectivity index (χ0) is 16.0. The lowest BCUT2D eigenvalue weighted by Gasteiger charge is -2.28. The van der Waals surface area contributed by atoms with Crippen LogP contribution >= 0.6 is 0 Å². The Morgan fingerprint density at radius 2 is 1.60 bits per heavy atom. The third-order valence-corrected chi connectivity index (χ3v) is 4.03. The molecule has 0 aliphatic heterocycles. The largest absolute Gasteiger partial charge is 0.488 e. The van der Waals surface area contributed by atoms with Crippen molar-refractivity contribution in [1.29, 1.82) is 0 Å². The standard InChI is InChI=1S/C14H26O4Si2/c1-16-13(11-15)14(17-2)12(18-20(6,7)8)9-10-19(3,4)5/h12,14H,1-8H3. The van der Waals surface area contributed by atoms with Gasteiger partial charge >= 0.3 is 0 Å². The minimum Gasteiger partial charge on any atom is -0.488 e. The zero-order valence-corrected chi connectivity index (χ0v) is 15.8. The predicted molar refractivity (Wildman–Crippen MR) is 86.4 cm³/mol. The lowest BCUT2D eigenvalue weighted by atomic mass is 10.2. The second kappa shape index (κ2) is 7.82.